The van der Waals surface area contributed by atoms with Gasteiger partial charge in [0.2, 0.25) is 5.91 Å². The van der Waals surface area contributed by atoms with Crippen molar-refractivity contribution in [1.29, 1.82) is 0 Å². The summed E-state index contributed by atoms with van der Waals surface area (Å²) in [5.74, 6) is -0.673. The van der Waals surface area contributed by atoms with Crippen molar-refractivity contribution in [2.24, 2.45) is 5.10 Å². The van der Waals surface area contributed by atoms with Crippen LogP contribution in [0.25, 0.3) is 0 Å². The molecule has 28 heavy (non-hydrogen) atoms. The molecule has 1 atom stereocenters. The normalized spacial score (nSPS) is 16.0. The maximum absolute atomic E-state index is 12.7. The summed E-state index contributed by atoms with van der Waals surface area (Å²) in [6.07, 6.45) is 0.474. The lowest BCUT2D eigenvalue weighted by molar-refractivity contribution is -0.305. The molecule has 2 aromatic carbocycles. The number of aliphatic carboxylic acids is 1. The van der Waals surface area contributed by atoms with Crippen LogP contribution in [-0.4, -0.2) is 34.8 Å². The van der Waals surface area contributed by atoms with Crippen molar-refractivity contribution >= 4 is 17.6 Å². The molecule has 0 saturated carbocycles. The number of hydrogen-bond donors (Lipinski definition) is 1. The fourth-order valence-electron chi connectivity index (χ4n) is 3.21. The lowest BCUT2D eigenvalue weighted by atomic mass is 9.97. The highest BCUT2D eigenvalue weighted by Crippen LogP contribution is 2.37. The van der Waals surface area contributed by atoms with Gasteiger partial charge in [0, 0.05) is 24.4 Å². The molecule has 0 aliphatic carbocycles. The van der Waals surface area contributed by atoms with Crippen LogP contribution < -0.4 is 9.84 Å². The lowest BCUT2D eigenvalue weighted by Gasteiger charge is -2.22. The number of phenols is 1. The number of amides is 1. The van der Waals surface area contributed by atoms with E-state index in [0.717, 1.165) is 11.3 Å². The first-order valence-corrected chi connectivity index (χ1v) is 9.01. The van der Waals surface area contributed by atoms with E-state index in [-0.39, 0.29) is 30.9 Å². The van der Waals surface area contributed by atoms with E-state index < -0.39 is 12.0 Å². The van der Waals surface area contributed by atoms with Crippen molar-refractivity contribution in [2.45, 2.75) is 31.7 Å². The number of phenolic OH excluding ortho intramolecular Hbond substituents is 1. The zero-order chi connectivity index (χ0) is 20.1. The molecule has 1 amide bonds. The van der Waals surface area contributed by atoms with E-state index in [2.05, 4.69) is 5.10 Å². The minimum atomic E-state index is -1.19. The Hall–Kier alpha value is -3.35. The number of carboxylic acids is 1. The van der Waals surface area contributed by atoms with Crippen LogP contribution in [0.3, 0.4) is 0 Å². The number of rotatable bonds is 7. The molecule has 7 heteroatoms. The van der Waals surface area contributed by atoms with Gasteiger partial charge in [-0.25, -0.2) is 5.01 Å². The third kappa shape index (κ3) is 4.31. The largest absolute Gasteiger partial charge is 0.550 e. The number of hydrazone groups is 1. The van der Waals surface area contributed by atoms with Gasteiger partial charge in [0.1, 0.15) is 11.5 Å². The maximum atomic E-state index is 12.7. The Kier molecular flexibility index (Phi) is 5.93. The van der Waals surface area contributed by atoms with Crippen molar-refractivity contribution in [3.8, 4) is 11.5 Å². The van der Waals surface area contributed by atoms with Crippen molar-refractivity contribution in [3.05, 3.63) is 59.7 Å². The number of nitrogens with zero attached hydrogens (tertiary/aromatic N) is 2. The number of carboxylic acid groups (broad SMARTS) is 1. The zero-order valence-electron chi connectivity index (χ0n) is 15.5. The SMILES string of the molecule is COc1ccc(C2=NN(C(=O)CCCC(=O)[O-])[C@@H](c3ccccc3O)C2)cc1. The first kappa shape index (κ1) is 19.4. The Morgan fingerprint density at radius 2 is 1.89 bits per heavy atom. The molecule has 2 aromatic rings. The molecule has 7 nitrogen and oxygen atoms in total. The van der Waals surface area contributed by atoms with Crippen LogP contribution in [0.5, 0.6) is 11.5 Å². The van der Waals surface area contributed by atoms with Gasteiger partial charge in [-0.05, 0) is 48.7 Å². The van der Waals surface area contributed by atoms with Gasteiger partial charge in [-0.3, -0.25) is 4.79 Å². The zero-order valence-corrected chi connectivity index (χ0v) is 15.5. The summed E-state index contributed by atoms with van der Waals surface area (Å²) in [5.41, 5.74) is 2.17. The van der Waals surface area contributed by atoms with Gasteiger partial charge < -0.3 is 19.7 Å². The molecule has 146 valence electrons. The fraction of sp³-hybridized carbons (Fsp3) is 0.286. The Labute approximate surface area is 162 Å². The van der Waals surface area contributed by atoms with Gasteiger partial charge in [0.25, 0.3) is 0 Å². The van der Waals surface area contributed by atoms with Crippen LogP contribution in [0.15, 0.2) is 53.6 Å². The molecule has 0 fully saturated rings. The second kappa shape index (κ2) is 8.56. The third-order valence-corrected chi connectivity index (χ3v) is 4.66. The van der Waals surface area contributed by atoms with Gasteiger partial charge >= 0.3 is 0 Å². The average molecular weight is 381 g/mol. The van der Waals surface area contributed by atoms with E-state index in [1.54, 1.807) is 31.4 Å². The number of ether oxygens (including phenoxy) is 1. The first-order valence-electron chi connectivity index (χ1n) is 9.01. The molecule has 0 bridgehead atoms. The standard InChI is InChI=1S/C21H22N2O5/c1-28-15-11-9-14(10-12-15)17-13-18(16-5-2-3-6-19(16)24)23(22-17)20(25)7-4-8-21(26)27/h2-3,5-6,9-12,18,24H,4,7-8,13H2,1H3,(H,26,27)/p-1/t18-/m1/s1. The molecule has 1 aliphatic heterocycles. The summed E-state index contributed by atoms with van der Waals surface area (Å²) in [4.78, 5) is 23.3. The van der Waals surface area contributed by atoms with E-state index in [1.807, 2.05) is 24.3 Å². The summed E-state index contributed by atoms with van der Waals surface area (Å²) in [7, 11) is 1.59. The molecule has 0 unspecified atom stereocenters. The number of carbonyl (C=O) groups excluding carboxylic acids is 2. The maximum Gasteiger partial charge on any atom is 0.243 e. The fourth-order valence-corrected chi connectivity index (χ4v) is 3.21. The molecule has 1 heterocycles. The van der Waals surface area contributed by atoms with E-state index in [9.17, 15) is 19.8 Å². The summed E-state index contributed by atoms with van der Waals surface area (Å²) in [6, 6.07) is 13.7. The molecular weight excluding hydrogens is 360 g/mol. The van der Waals surface area contributed by atoms with E-state index in [0.29, 0.717) is 17.7 Å². The lowest BCUT2D eigenvalue weighted by Crippen LogP contribution is -2.28. The molecule has 0 aromatic heterocycles. The molecule has 0 saturated heterocycles. The minimum absolute atomic E-state index is 0.0392. The first-order chi connectivity index (χ1) is 13.5. The number of hydrogen-bond acceptors (Lipinski definition) is 6. The Balaban J connectivity index is 1.87. The van der Waals surface area contributed by atoms with Gasteiger partial charge in [0.15, 0.2) is 0 Å². The predicted molar refractivity (Wildman–Crippen MR) is 101 cm³/mol. The minimum Gasteiger partial charge on any atom is -0.550 e. The molecular formula is C21H21N2O5-. The van der Waals surface area contributed by atoms with Crippen molar-refractivity contribution in [2.75, 3.05) is 7.11 Å². The summed E-state index contributed by atoms with van der Waals surface area (Å²) < 4.78 is 5.17. The Morgan fingerprint density at radius 1 is 1.18 bits per heavy atom. The topological polar surface area (TPSA) is 102 Å². The van der Waals surface area contributed by atoms with Gasteiger partial charge in [-0.2, -0.15) is 5.10 Å². The Bertz CT molecular complexity index is 892. The Morgan fingerprint density at radius 3 is 2.54 bits per heavy atom. The van der Waals surface area contributed by atoms with Crippen LogP contribution in [0.2, 0.25) is 0 Å². The van der Waals surface area contributed by atoms with E-state index >= 15 is 0 Å². The summed E-state index contributed by atoms with van der Waals surface area (Å²) >= 11 is 0. The molecule has 1 N–H and O–H groups in total. The van der Waals surface area contributed by atoms with Gasteiger partial charge in [0.05, 0.1) is 18.9 Å². The van der Waals surface area contributed by atoms with Gasteiger partial charge in [-0.1, -0.05) is 18.2 Å². The molecule has 0 radical (unpaired) electrons. The van der Waals surface area contributed by atoms with Crippen molar-refractivity contribution in [1.82, 2.24) is 5.01 Å². The highest BCUT2D eigenvalue weighted by Gasteiger charge is 2.34. The third-order valence-electron chi connectivity index (χ3n) is 4.66. The monoisotopic (exact) mass is 381 g/mol. The average Bonchev–Trinajstić information content (AvgIpc) is 3.13. The van der Waals surface area contributed by atoms with Crippen LogP contribution in [-0.2, 0) is 9.59 Å². The number of benzene rings is 2. The predicted octanol–water partition coefficient (Wildman–Crippen LogP) is 2.00. The highest BCUT2D eigenvalue weighted by molar-refractivity contribution is 6.03. The summed E-state index contributed by atoms with van der Waals surface area (Å²) in [6.45, 7) is 0. The quantitative estimate of drug-likeness (QED) is 0.790. The molecule has 3 rings (SSSR count). The highest BCUT2D eigenvalue weighted by atomic mass is 16.5. The summed E-state index contributed by atoms with van der Waals surface area (Å²) in [5, 5.41) is 26.7. The second-order valence-corrected chi connectivity index (χ2v) is 6.52. The van der Waals surface area contributed by atoms with Crippen LogP contribution in [0.1, 0.15) is 42.9 Å². The van der Waals surface area contributed by atoms with Crippen molar-refractivity contribution in [3.63, 3.8) is 0 Å². The number of carbonyl (C=O) groups is 2. The van der Waals surface area contributed by atoms with Crippen LogP contribution in [0.4, 0.5) is 0 Å². The number of methoxy groups -OCH3 is 1. The van der Waals surface area contributed by atoms with Crippen LogP contribution >= 0.6 is 0 Å². The van der Waals surface area contributed by atoms with Gasteiger partial charge in [-0.15, -0.1) is 0 Å². The van der Waals surface area contributed by atoms with E-state index in [1.165, 1.54) is 5.01 Å². The smallest absolute Gasteiger partial charge is 0.243 e. The van der Waals surface area contributed by atoms with Crippen LogP contribution in [0, 0.1) is 0 Å². The number of aromatic hydroxyl groups is 1. The number of para-hydroxylation sites is 1. The van der Waals surface area contributed by atoms with Crippen molar-refractivity contribution < 1.29 is 24.5 Å². The molecule has 1 aliphatic rings. The molecule has 0 spiro atoms. The van der Waals surface area contributed by atoms with E-state index in [4.69, 9.17) is 4.74 Å². The second-order valence-electron chi connectivity index (χ2n) is 6.52.